The van der Waals surface area contributed by atoms with E-state index in [0.717, 1.165) is 37.4 Å². The van der Waals surface area contributed by atoms with Crippen LogP contribution in [0.5, 0.6) is 0 Å². The lowest BCUT2D eigenvalue weighted by Crippen LogP contribution is -2.27. The Morgan fingerprint density at radius 3 is 2.59 bits per heavy atom. The number of carbonyl (C=O) groups is 1. The molecule has 0 atom stereocenters. The number of thioether (sulfide) groups is 1. The minimum absolute atomic E-state index is 0.144. The van der Waals surface area contributed by atoms with Gasteiger partial charge in [-0.3, -0.25) is 4.79 Å². The molecule has 0 aromatic carbocycles. The third kappa shape index (κ3) is 10.3. The summed E-state index contributed by atoms with van der Waals surface area (Å²) in [5.41, 5.74) is 3.47. The molecule has 0 aliphatic rings. The number of hydrogen-bond donors (Lipinski definition) is 1. The van der Waals surface area contributed by atoms with E-state index in [1.165, 1.54) is 31.0 Å². The number of amides is 1. The number of anilines is 1. The lowest BCUT2D eigenvalue weighted by Gasteiger charge is -2.24. The van der Waals surface area contributed by atoms with E-state index in [0.29, 0.717) is 11.1 Å². The van der Waals surface area contributed by atoms with E-state index in [9.17, 15) is 4.79 Å². The maximum absolute atomic E-state index is 11.9. The quantitative estimate of drug-likeness (QED) is 0.176. The summed E-state index contributed by atoms with van der Waals surface area (Å²) in [7, 11) is 0. The number of hydrogen-bond acceptors (Lipinski definition) is 6. The smallest absolute Gasteiger partial charge is 0.250 e. The molecule has 0 fully saturated rings. The molecule has 27 heavy (non-hydrogen) atoms. The molecule has 0 radical (unpaired) electrons. The van der Waals surface area contributed by atoms with Gasteiger partial charge in [-0.25, -0.2) is 15.4 Å². The van der Waals surface area contributed by atoms with E-state index in [1.54, 1.807) is 6.21 Å². The summed E-state index contributed by atoms with van der Waals surface area (Å²) >= 11 is 1.35. The molecular weight excluding hydrogens is 358 g/mol. The number of hydrazone groups is 1. The fourth-order valence-electron chi connectivity index (χ4n) is 2.42. The molecule has 0 spiro atoms. The van der Waals surface area contributed by atoms with Crippen LogP contribution in [0, 0.1) is 12.8 Å². The first-order valence-electron chi connectivity index (χ1n) is 10.0. The van der Waals surface area contributed by atoms with Gasteiger partial charge in [0.05, 0.1) is 5.75 Å². The predicted molar refractivity (Wildman–Crippen MR) is 116 cm³/mol. The maximum Gasteiger partial charge on any atom is 0.250 e. The average molecular weight is 394 g/mol. The molecule has 1 heterocycles. The van der Waals surface area contributed by atoms with Gasteiger partial charge in [0, 0.05) is 31.1 Å². The summed E-state index contributed by atoms with van der Waals surface area (Å²) < 4.78 is 0. The Labute approximate surface area is 168 Å². The molecule has 0 unspecified atom stereocenters. The van der Waals surface area contributed by atoms with Gasteiger partial charge in [0.1, 0.15) is 5.82 Å². The molecule has 1 aromatic heterocycles. The maximum atomic E-state index is 11.9. The molecule has 0 aliphatic heterocycles. The fourth-order valence-corrected chi connectivity index (χ4v) is 3.11. The van der Waals surface area contributed by atoms with Crippen molar-refractivity contribution in [2.75, 3.05) is 23.7 Å². The van der Waals surface area contributed by atoms with Gasteiger partial charge in [-0.15, -0.1) is 0 Å². The number of rotatable bonds is 13. The summed E-state index contributed by atoms with van der Waals surface area (Å²) in [4.78, 5) is 23.4. The van der Waals surface area contributed by atoms with Crippen molar-refractivity contribution in [1.82, 2.24) is 15.4 Å². The lowest BCUT2D eigenvalue weighted by atomic mass is 10.2. The van der Waals surface area contributed by atoms with Crippen molar-refractivity contribution in [3.63, 3.8) is 0 Å². The monoisotopic (exact) mass is 393 g/mol. The number of nitrogens with zero attached hydrogens (tertiary/aromatic N) is 4. The lowest BCUT2D eigenvalue weighted by molar-refractivity contribution is -0.118. The first-order chi connectivity index (χ1) is 13.0. The normalized spacial score (nSPS) is 11.3. The molecule has 0 aliphatic carbocycles. The van der Waals surface area contributed by atoms with Crippen molar-refractivity contribution in [3.05, 3.63) is 11.8 Å². The van der Waals surface area contributed by atoms with Crippen LogP contribution in [0.25, 0.3) is 0 Å². The standard InChI is InChI=1S/C20H35N5OS/c1-6-8-10-12-25(11-9-7-2)18-13-17(5)22-20(23-18)27-15-19(26)24-21-14-16(3)4/h13-14,16H,6-12,15H2,1-5H3,(H,24,26). The van der Waals surface area contributed by atoms with Gasteiger partial charge < -0.3 is 4.90 Å². The van der Waals surface area contributed by atoms with Gasteiger partial charge >= 0.3 is 0 Å². The molecule has 0 saturated heterocycles. The SMILES string of the molecule is CCCCCN(CCCC)c1cc(C)nc(SCC(=O)NN=CC(C)C)n1. The number of carbonyl (C=O) groups excluding carboxylic acids is 1. The number of nitrogens with one attached hydrogen (secondary N) is 1. The second-order valence-electron chi connectivity index (χ2n) is 7.04. The molecule has 0 bridgehead atoms. The zero-order chi connectivity index (χ0) is 20.1. The highest BCUT2D eigenvalue weighted by molar-refractivity contribution is 7.99. The summed E-state index contributed by atoms with van der Waals surface area (Å²) in [5.74, 6) is 1.38. The zero-order valence-electron chi connectivity index (χ0n) is 17.5. The highest BCUT2D eigenvalue weighted by atomic mass is 32.2. The first kappa shape index (κ1) is 23.4. The number of aromatic nitrogens is 2. The second kappa shape index (κ2) is 13.5. The molecule has 6 nitrogen and oxygen atoms in total. The van der Waals surface area contributed by atoms with Crippen molar-refractivity contribution < 1.29 is 4.79 Å². The van der Waals surface area contributed by atoms with Gasteiger partial charge in [-0.05, 0) is 25.7 Å². The number of unbranched alkanes of at least 4 members (excludes halogenated alkanes) is 3. The second-order valence-corrected chi connectivity index (χ2v) is 7.99. The summed E-state index contributed by atoms with van der Waals surface area (Å²) in [6.07, 6.45) is 7.62. The summed E-state index contributed by atoms with van der Waals surface area (Å²) in [5, 5.41) is 4.58. The Morgan fingerprint density at radius 1 is 1.22 bits per heavy atom. The fraction of sp³-hybridized carbons (Fsp3) is 0.700. The van der Waals surface area contributed by atoms with E-state index in [1.807, 2.05) is 26.8 Å². The summed E-state index contributed by atoms with van der Waals surface area (Å²) in [6, 6.07) is 2.04. The van der Waals surface area contributed by atoms with E-state index < -0.39 is 0 Å². The van der Waals surface area contributed by atoms with Crippen molar-refractivity contribution in [3.8, 4) is 0 Å². The van der Waals surface area contributed by atoms with Crippen molar-refractivity contribution in [1.29, 1.82) is 0 Å². The van der Waals surface area contributed by atoms with Crippen molar-refractivity contribution in [2.45, 2.75) is 71.9 Å². The molecule has 152 valence electrons. The molecule has 1 N–H and O–H groups in total. The van der Waals surface area contributed by atoms with Crippen molar-refractivity contribution in [2.24, 2.45) is 11.0 Å². The Balaban J connectivity index is 2.73. The highest BCUT2D eigenvalue weighted by Gasteiger charge is 2.12. The van der Waals surface area contributed by atoms with Crippen LogP contribution in [0.1, 0.15) is 65.5 Å². The summed E-state index contributed by atoms with van der Waals surface area (Å²) in [6.45, 7) is 12.4. The molecule has 1 aromatic rings. The van der Waals surface area contributed by atoms with E-state index in [4.69, 9.17) is 4.98 Å². The van der Waals surface area contributed by atoms with Gasteiger partial charge in [0.2, 0.25) is 0 Å². The van der Waals surface area contributed by atoms with Crippen LogP contribution in [-0.2, 0) is 4.79 Å². The molecule has 1 amide bonds. The molecule has 0 saturated carbocycles. The first-order valence-corrected chi connectivity index (χ1v) is 11.0. The van der Waals surface area contributed by atoms with Gasteiger partial charge in [-0.1, -0.05) is 58.7 Å². The highest BCUT2D eigenvalue weighted by Crippen LogP contribution is 2.20. The van der Waals surface area contributed by atoms with Crippen molar-refractivity contribution >= 4 is 29.7 Å². The van der Waals surface area contributed by atoms with E-state index >= 15 is 0 Å². The van der Waals surface area contributed by atoms with Gasteiger partial charge in [-0.2, -0.15) is 5.10 Å². The van der Waals surface area contributed by atoms with Crippen LogP contribution < -0.4 is 10.3 Å². The van der Waals surface area contributed by atoms with Crippen LogP contribution in [-0.4, -0.2) is 40.9 Å². The molecule has 7 heteroatoms. The Morgan fingerprint density at radius 2 is 1.93 bits per heavy atom. The van der Waals surface area contributed by atoms with Crippen LogP contribution in [0.3, 0.4) is 0 Å². The Kier molecular flexibility index (Phi) is 11.7. The van der Waals surface area contributed by atoms with Crippen LogP contribution in [0.2, 0.25) is 0 Å². The largest absolute Gasteiger partial charge is 0.356 e. The average Bonchev–Trinajstić information content (AvgIpc) is 2.62. The molecule has 1 rings (SSSR count). The number of aryl methyl sites for hydroxylation is 1. The Bertz CT molecular complexity index is 592. The minimum Gasteiger partial charge on any atom is -0.356 e. The minimum atomic E-state index is -0.144. The predicted octanol–water partition coefficient (Wildman–Crippen LogP) is 4.43. The third-order valence-electron chi connectivity index (χ3n) is 3.85. The van der Waals surface area contributed by atoms with E-state index in [-0.39, 0.29) is 11.7 Å². The van der Waals surface area contributed by atoms with Crippen LogP contribution in [0.15, 0.2) is 16.3 Å². The Hall–Kier alpha value is -1.63. The van der Waals surface area contributed by atoms with Crippen LogP contribution >= 0.6 is 11.8 Å². The third-order valence-corrected chi connectivity index (χ3v) is 4.70. The van der Waals surface area contributed by atoms with Crippen LogP contribution in [0.4, 0.5) is 5.82 Å². The van der Waals surface area contributed by atoms with Gasteiger partial charge in [0.15, 0.2) is 5.16 Å². The van der Waals surface area contributed by atoms with E-state index in [2.05, 4.69) is 34.3 Å². The van der Waals surface area contributed by atoms with Gasteiger partial charge in [0.25, 0.3) is 5.91 Å². The topological polar surface area (TPSA) is 70.5 Å². The zero-order valence-corrected chi connectivity index (χ0v) is 18.3. The molecular formula is C20H35N5OS.